The number of nitrogens with one attached hydrogen (secondary N) is 1. The van der Waals surface area contributed by atoms with Gasteiger partial charge in [-0.25, -0.2) is 4.79 Å². The fourth-order valence-electron chi connectivity index (χ4n) is 2.36. The molecule has 0 aliphatic carbocycles. The summed E-state index contributed by atoms with van der Waals surface area (Å²) in [4.78, 5) is 11.8. The highest BCUT2D eigenvalue weighted by atomic mass is 35.5. The summed E-state index contributed by atoms with van der Waals surface area (Å²) >= 11 is 7.58. The summed E-state index contributed by atoms with van der Waals surface area (Å²) in [5, 5.41) is 22.0. The Kier molecular flexibility index (Phi) is 6.90. The van der Waals surface area contributed by atoms with Gasteiger partial charge < -0.3 is 20.3 Å². The van der Waals surface area contributed by atoms with Crippen LogP contribution in [0.5, 0.6) is 0 Å². The largest absolute Gasteiger partial charge is 0.585 e. The molecular formula is C13H21ClN2O6PS+. The summed E-state index contributed by atoms with van der Waals surface area (Å²) in [6.45, 7) is 3.41. The van der Waals surface area contributed by atoms with E-state index >= 15 is 0 Å². The SMILES string of the molecule is CCCS[P+](=O)OCC1OC(N2C=CC(O)NC2=O)C(C)(Cl)C1O. The van der Waals surface area contributed by atoms with Crippen LogP contribution in [-0.2, 0) is 13.8 Å². The van der Waals surface area contributed by atoms with Crippen LogP contribution >= 0.6 is 30.2 Å². The van der Waals surface area contributed by atoms with Gasteiger partial charge in [0.15, 0.2) is 17.6 Å². The maximum Gasteiger partial charge on any atom is 0.585 e. The maximum atomic E-state index is 12.0. The van der Waals surface area contributed by atoms with Gasteiger partial charge >= 0.3 is 13.3 Å². The highest BCUT2D eigenvalue weighted by Gasteiger charge is 2.56. The monoisotopic (exact) mass is 399 g/mol. The van der Waals surface area contributed by atoms with E-state index in [2.05, 4.69) is 5.32 Å². The second-order valence-corrected chi connectivity index (χ2v) is 9.47. The normalized spacial score (nSPS) is 36.8. The van der Waals surface area contributed by atoms with Gasteiger partial charge in [-0.3, -0.25) is 4.90 Å². The number of aliphatic hydroxyl groups excluding tert-OH is 2. The van der Waals surface area contributed by atoms with Crippen LogP contribution in [0.1, 0.15) is 20.3 Å². The Bertz CT molecular complexity index is 523. The number of ether oxygens (including phenoxy) is 1. The molecule has 11 heteroatoms. The fraction of sp³-hybridized carbons (Fsp3) is 0.769. The van der Waals surface area contributed by atoms with E-state index in [4.69, 9.17) is 20.9 Å². The number of hydrogen-bond donors (Lipinski definition) is 3. The van der Waals surface area contributed by atoms with Crippen LogP contribution in [0.4, 0.5) is 4.79 Å². The molecule has 2 aliphatic rings. The highest BCUT2D eigenvalue weighted by Crippen LogP contribution is 2.43. The summed E-state index contributed by atoms with van der Waals surface area (Å²) in [5.41, 5.74) is 0. The van der Waals surface area contributed by atoms with Crippen LogP contribution in [0.25, 0.3) is 0 Å². The molecule has 0 aromatic rings. The predicted octanol–water partition coefficient (Wildman–Crippen LogP) is 1.74. The van der Waals surface area contributed by atoms with E-state index in [0.717, 1.165) is 11.3 Å². The van der Waals surface area contributed by atoms with Crippen molar-refractivity contribution in [2.45, 2.75) is 49.8 Å². The Morgan fingerprint density at radius 1 is 1.58 bits per heavy atom. The van der Waals surface area contributed by atoms with Crippen molar-refractivity contribution in [3.8, 4) is 0 Å². The van der Waals surface area contributed by atoms with Gasteiger partial charge in [-0.05, 0) is 24.0 Å². The molecule has 2 aliphatic heterocycles. The Balaban J connectivity index is 2.01. The summed E-state index contributed by atoms with van der Waals surface area (Å²) in [7, 11) is -1.90. The first-order chi connectivity index (χ1) is 11.3. The second kappa shape index (κ2) is 8.31. The molecule has 0 aromatic carbocycles. The fourth-order valence-corrected chi connectivity index (χ4v) is 4.74. The number of alkyl halides is 1. The van der Waals surface area contributed by atoms with Crippen LogP contribution in [-0.4, -0.2) is 63.0 Å². The molecule has 8 nitrogen and oxygen atoms in total. The number of urea groups is 1. The zero-order valence-electron chi connectivity index (χ0n) is 13.3. The van der Waals surface area contributed by atoms with Gasteiger partial charge in [0, 0.05) is 12.0 Å². The summed E-state index contributed by atoms with van der Waals surface area (Å²) < 4.78 is 22.6. The first-order valence-electron chi connectivity index (χ1n) is 7.48. The second-order valence-electron chi connectivity index (χ2n) is 5.62. The molecular weight excluding hydrogens is 379 g/mol. The molecule has 2 rings (SSSR count). The lowest BCUT2D eigenvalue weighted by Crippen LogP contribution is -2.55. The van der Waals surface area contributed by atoms with E-state index in [1.165, 1.54) is 23.7 Å². The Morgan fingerprint density at radius 3 is 2.92 bits per heavy atom. The Hall–Kier alpha value is -0.410. The number of aliphatic hydroxyl groups is 2. The van der Waals surface area contributed by atoms with Gasteiger partial charge in [0.25, 0.3) is 0 Å². The van der Waals surface area contributed by atoms with Gasteiger partial charge in [-0.15, -0.1) is 16.1 Å². The van der Waals surface area contributed by atoms with Crippen LogP contribution < -0.4 is 5.32 Å². The molecule has 6 unspecified atom stereocenters. The van der Waals surface area contributed by atoms with Gasteiger partial charge in [-0.1, -0.05) is 6.92 Å². The van der Waals surface area contributed by atoms with Crippen molar-refractivity contribution >= 4 is 36.2 Å². The average molecular weight is 400 g/mol. The first kappa shape index (κ1) is 19.9. The number of amides is 2. The minimum Gasteiger partial charge on any atom is -0.388 e. The zero-order valence-corrected chi connectivity index (χ0v) is 15.8. The molecule has 1 fully saturated rings. The first-order valence-corrected chi connectivity index (χ1v) is 10.6. The van der Waals surface area contributed by atoms with E-state index in [1.54, 1.807) is 6.92 Å². The topological polar surface area (TPSA) is 108 Å². The maximum absolute atomic E-state index is 12.0. The van der Waals surface area contributed by atoms with Crippen molar-refractivity contribution in [2.75, 3.05) is 12.4 Å². The predicted molar refractivity (Wildman–Crippen MR) is 90.8 cm³/mol. The van der Waals surface area contributed by atoms with Crippen LogP contribution in [0, 0.1) is 0 Å². The van der Waals surface area contributed by atoms with Crippen molar-refractivity contribution in [1.82, 2.24) is 10.2 Å². The smallest absolute Gasteiger partial charge is 0.388 e. The van der Waals surface area contributed by atoms with Crippen LogP contribution in [0.3, 0.4) is 0 Å². The minimum atomic E-state index is -1.90. The number of halogens is 1. The van der Waals surface area contributed by atoms with Gasteiger partial charge in [0.05, 0.1) is 0 Å². The highest BCUT2D eigenvalue weighted by molar-refractivity contribution is 8.50. The van der Waals surface area contributed by atoms with Crippen molar-refractivity contribution < 1.29 is 28.8 Å². The lowest BCUT2D eigenvalue weighted by Gasteiger charge is -2.35. The number of hydrogen-bond acceptors (Lipinski definition) is 7. The third-order valence-corrected chi connectivity index (χ3v) is 6.72. The van der Waals surface area contributed by atoms with Gasteiger partial charge in [-0.2, -0.15) is 0 Å². The molecule has 2 heterocycles. The van der Waals surface area contributed by atoms with Crippen molar-refractivity contribution in [3.63, 3.8) is 0 Å². The Morgan fingerprint density at radius 2 is 2.29 bits per heavy atom. The summed E-state index contributed by atoms with van der Waals surface area (Å²) in [6.07, 6.45) is -0.423. The van der Waals surface area contributed by atoms with Crippen LogP contribution in [0.15, 0.2) is 12.3 Å². The molecule has 24 heavy (non-hydrogen) atoms. The number of carbonyl (C=O) groups excluding carboxylic acids is 1. The molecule has 0 aromatic heterocycles. The van der Waals surface area contributed by atoms with Crippen molar-refractivity contribution in [2.24, 2.45) is 0 Å². The van der Waals surface area contributed by atoms with Gasteiger partial charge in [0.2, 0.25) is 0 Å². The zero-order chi connectivity index (χ0) is 17.9. The quantitative estimate of drug-likeness (QED) is 0.442. The molecule has 3 N–H and O–H groups in total. The molecule has 6 atom stereocenters. The molecule has 0 saturated carbocycles. The van der Waals surface area contributed by atoms with E-state index in [1.807, 2.05) is 6.92 Å². The molecule has 1 saturated heterocycles. The standard InChI is InChI=1S/C13H20ClN2O6PS/c1-3-6-24-23(20)21-7-8-10(18)13(2,14)11(22-8)16-5-4-9(17)15-12(16)19/h4-5,8-11,17-18H,3,6-7H2,1-2H3/p+1. The van der Waals surface area contributed by atoms with Crippen LogP contribution in [0.2, 0.25) is 0 Å². The van der Waals surface area contributed by atoms with Crippen molar-refractivity contribution in [1.29, 1.82) is 0 Å². The third kappa shape index (κ3) is 4.40. The van der Waals surface area contributed by atoms with E-state index in [-0.39, 0.29) is 6.61 Å². The van der Waals surface area contributed by atoms with Crippen molar-refractivity contribution in [3.05, 3.63) is 12.3 Å². The average Bonchev–Trinajstić information content (AvgIpc) is 2.74. The summed E-state index contributed by atoms with van der Waals surface area (Å²) in [5.74, 6) is 0.709. The molecule has 136 valence electrons. The number of carbonyl (C=O) groups is 1. The third-order valence-electron chi connectivity index (χ3n) is 3.65. The minimum absolute atomic E-state index is 0.103. The molecule has 2 amide bonds. The van der Waals surface area contributed by atoms with Gasteiger partial charge in [0.1, 0.15) is 29.9 Å². The molecule has 0 spiro atoms. The lowest BCUT2D eigenvalue weighted by atomic mass is 10.0. The van der Waals surface area contributed by atoms with E-state index in [0.29, 0.717) is 5.75 Å². The molecule has 0 bridgehead atoms. The Labute approximate surface area is 150 Å². The number of rotatable bonds is 7. The lowest BCUT2D eigenvalue weighted by molar-refractivity contribution is -0.0519. The molecule has 0 radical (unpaired) electrons. The summed E-state index contributed by atoms with van der Waals surface area (Å²) in [6, 6.07) is -0.597. The van der Waals surface area contributed by atoms with E-state index in [9.17, 15) is 19.6 Å². The van der Waals surface area contributed by atoms with E-state index < -0.39 is 42.8 Å². The number of nitrogens with zero attached hydrogens (tertiary/aromatic N) is 1.